The second kappa shape index (κ2) is 40.5. The van der Waals surface area contributed by atoms with E-state index in [0.29, 0.717) is 19.3 Å². The van der Waals surface area contributed by atoms with Crippen molar-refractivity contribution in [1.82, 2.24) is 10.6 Å². The number of aliphatic hydroxyl groups excluding tert-OH is 1. The van der Waals surface area contributed by atoms with E-state index in [1.807, 2.05) is 0 Å². The number of hydrogen-bond donors (Lipinski definition) is 4. The first-order valence-electron chi connectivity index (χ1n) is 22.9. The van der Waals surface area contributed by atoms with Gasteiger partial charge in [0, 0.05) is 12.8 Å². The summed E-state index contributed by atoms with van der Waals surface area (Å²) in [5.74, 6) is -2.27. The van der Waals surface area contributed by atoms with E-state index in [2.05, 4.69) is 24.5 Å². The molecule has 9 heteroatoms. The maximum Gasteiger partial charge on any atom is 0.328 e. The van der Waals surface area contributed by atoms with Crippen molar-refractivity contribution in [1.29, 1.82) is 0 Å². The Morgan fingerprint density at radius 1 is 0.481 bits per heavy atom. The fraction of sp³-hybridized carbons (Fsp3) is 0.911. The lowest BCUT2D eigenvalue weighted by atomic mass is 10.0. The molecule has 0 aromatic rings. The van der Waals surface area contributed by atoms with Crippen LogP contribution in [-0.4, -0.2) is 59.3 Å². The second-order valence-electron chi connectivity index (χ2n) is 15.9. The Balaban J connectivity index is 4.26. The highest BCUT2D eigenvalue weighted by atomic mass is 16.5. The number of unbranched alkanes of at least 4 members (excludes halogenated alkanes) is 28. The lowest BCUT2D eigenvalue weighted by Gasteiger charge is -2.18. The van der Waals surface area contributed by atoms with E-state index < -0.39 is 24.5 Å². The average molecular weight is 767 g/mol. The zero-order valence-corrected chi connectivity index (χ0v) is 35.3. The summed E-state index contributed by atoms with van der Waals surface area (Å²) in [7, 11) is 0. The third kappa shape index (κ3) is 36.8. The Morgan fingerprint density at radius 2 is 0.833 bits per heavy atom. The normalized spacial score (nSPS) is 12.4. The number of esters is 1. The molecule has 0 aliphatic heterocycles. The summed E-state index contributed by atoms with van der Waals surface area (Å²) >= 11 is 0. The zero-order valence-electron chi connectivity index (χ0n) is 35.3. The molecular formula is C45H86N2O7. The summed E-state index contributed by atoms with van der Waals surface area (Å²) < 4.78 is 6.04. The van der Waals surface area contributed by atoms with E-state index in [1.165, 1.54) is 148 Å². The lowest BCUT2D eigenvalue weighted by Crippen LogP contribution is -2.47. The monoisotopic (exact) mass is 767 g/mol. The van der Waals surface area contributed by atoms with Gasteiger partial charge in [-0.3, -0.25) is 14.4 Å². The van der Waals surface area contributed by atoms with Crippen molar-refractivity contribution >= 4 is 23.8 Å². The molecule has 0 aromatic heterocycles. The summed E-state index contributed by atoms with van der Waals surface area (Å²) in [6.45, 7) is 3.51. The molecule has 0 aliphatic rings. The molecule has 2 atom stereocenters. The Hall–Kier alpha value is -2.16. The quantitative estimate of drug-likeness (QED) is 0.0358. The SMILES string of the molecule is CCCCCCCCCCCCCCCCC(=O)OC(CCCCCCCCCCCCCC)CCCCCCCC(=O)NCC(=O)NC(CO)C(=O)O. The Morgan fingerprint density at radius 3 is 1.20 bits per heavy atom. The molecule has 0 rings (SSSR count). The fourth-order valence-corrected chi connectivity index (χ4v) is 7.07. The molecule has 0 heterocycles. The number of nitrogens with one attached hydrogen (secondary N) is 2. The van der Waals surface area contributed by atoms with Gasteiger partial charge in [0.2, 0.25) is 11.8 Å². The summed E-state index contributed by atoms with van der Waals surface area (Å²) in [6.07, 6.45) is 41.3. The zero-order chi connectivity index (χ0) is 39.7. The van der Waals surface area contributed by atoms with Crippen molar-refractivity contribution in [3.05, 3.63) is 0 Å². The number of carboxylic acids is 1. The number of aliphatic carboxylic acids is 1. The van der Waals surface area contributed by atoms with Crippen LogP contribution in [0.3, 0.4) is 0 Å². The van der Waals surface area contributed by atoms with Crippen LogP contribution in [0, 0.1) is 0 Å². The third-order valence-electron chi connectivity index (χ3n) is 10.6. The van der Waals surface area contributed by atoms with Crippen LogP contribution in [0.2, 0.25) is 0 Å². The summed E-state index contributed by atoms with van der Waals surface area (Å²) in [6, 6.07) is -1.38. The van der Waals surface area contributed by atoms with Gasteiger partial charge in [0.05, 0.1) is 13.2 Å². The van der Waals surface area contributed by atoms with Crippen molar-refractivity contribution in [2.45, 2.75) is 251 Å². The van der Waals surface area contributed by atoms with Gasteiger partial charge in [0.25, 0.3) is 0 Å². The van der Waals surface area contributed by atoms with E-state index in [-0.39, 0.29) is 24.5 Å². The number of ether oxygens (including phenoxy) is 1. The highest BCUT2D eigenvalue weighted by Crippen LogP contribution is 2.19. The molecule has 0 radical (unpaired) electrons. The van der Waals surface area contributed by atoms with Crippen LogP contribution in [0.4, 0.5) is 0 Å². The number of carboxylic acid groups (broad SMARTS) is 1. The minimum Gasteiger partial charge on any atom is -0.480 e. The van der Waals surface area contributed by atoms with Crippen molar-refractivity contribution in [3.63, 3.8) is 0 Å². The van der Waals surface area contributed by atoms with Gasteiger partial charge in [-0.25, -0.2) is 4.79 Å². The molecular weight excluding hydrogens is 681 g/mol. The van der Waals surface area contributed by atoms with Crippen LogP contribution in [0.25, 0.3) is 0 Å². The lowest BCUT2D eigenvalue weighted by molar-refractivity contribution is -0.150. The van der Waals surface area contributed by atoms with Crippen molar-refractivity contribution in [3.8, 4) is 0 Å². The van der Waals surface area contributed by atoms with Crippen molar-refractivity contribution in [2.75, 3.05) is 13.2 Å². The van der Waals surface area contributed by atoms with Gasteiger partial charge < -0.3 is 25.6 Å². The molecule has 0 saturated carbocycles. The van der Waals surface area contributed by atoms with Crippen LogP contribution in [0.1, 0.15) is 239 Å². The molecule has 2 amide bonds. The molecule has 0 saturated heterocycles. The first-order valence-corrected chi connectivity index (χ1v) is 22.9. The first-order chi connectivity index (χ1) is 26.3. The Labute approximate surface area is 331 Å². The highest BCUT2D eigenvalue weighted by molar-refractivity contribution is 5.87. The maximum absolute atomic E-state index is 12.8. The summed E-state index contributed by atoms with van der Waals surface area (Å²) in [5, 5.41) is 22.6. The Bertz CT molecular complexity index is 884. The summed E-state index contributed by atoms with van der Waals surface area (Å²) in [4.78, 5) is 47.6. The van der Waals surface area contributed by atoms with E-state index in [0.717, 1.165) is 57.8 Å². The minimum atomic E-state index is -1.38. The highest BCUT2D eigenvalue weighted by Gasteiger charge is 2.19. The van der Waals surface area contributed by atoms with E-state index in [1.54, 1.807) is 0 Å². The smallest absolute Gasteiger partial charge is 0.328 e. The standard InChI is InChI=1S/C45H86N2O7/c1-3-5-7-9-11-13-15-17-18-20-22-24-29-33-37-44(51)54-40(34-30-26-23-21-19-16-14-12-10-8-6-4-2)35-31-27-25-28-32-36-42(49)46-38-43(50)47-41(39-48)45(52)53/h40-41,48H,3-39H2,1-2H3,(H,46,49)(H,47,50)(H,52,53). The van der Waals surface area contributed by atoms with Crippen molar-refractivity contribution < 1.29 is 34.1 Å². The van der Waals surface area contributed by atoms with E-state index in [4.69, 9.17) is 14.9 Å². The molecule has 0 aliphatic carbocycles. The molecule has 0 spiro atoms. The predicted molar refractivity (Wildman–Crippen MR) is 222 cm³/mol. The van der Waals surface area contributed by atoms with Crippen LogP contribution in [-0.2, 0) is 23.9 Å². The molecule has 0 fully saturated rings. The van der Waals surface area contributed by atoms with Crippen LogP contribution in [0.15, 0.2) is 0 Å². The number of rotatable bonds is 42. The first kappa shape index (κ1) is 51.8. The molecule has 4 N–H and O–H groups in total. The third-order valence-corrected chi connectivity index (χ3v) is 10.6. The second-order valence-corrected chi connectivity index (χ2v) is 15.9. The van der Waals surface area contributed by atoms with Gasteiger partial charge in [-0.2, -0.15) is 0 Å². The molecule has 54 heavy (non-hydrogen) atoms. The Kier molecular flexibility index (Phi) is 38.9. The molecule has 0 bridgehead atoms. The number of hydrogen-bond acceptors (Lipinski definition) is 6. The van der Waals surface area contributed by atoms with Gasteiger partial charge in [-0.15, -0.1) is 0 Å². The summed E-state index contributed by atoms with van der Waals surface area (Å²) in [5.41, 5.74) is 0. The van der Waals surface area contributed by atoms with Gasteiger partial charge >= 0.3 is 11.9 Å². The number of aliphatic hydroxyl groups is 1. The predicted octanol–water partition coefficient (Wildman–Crippen LogP) is 11.3. The molecule has 0 aromatic carbocycles. The molecule has 2 unspecified atom stereocenters. The van der Waals surface area contributed by atoms with E-state index in [9.17, 15) is 19.2 Å². The number of carbonyl (C=O) groups is 4. The van der Waals surface area contributed by atoms with Gasteiger partial charge in [-0.1, -0.05) is 187 Å². The fourth-order valence-electron chi connectivity index (χ4n) is 7.07. The van der Waals surface area contributed by atoms with Crippen LogP contribution in [0.5, 0.6) is 0 Å². The minimum absolute atomic E-state index is 0.00394. The van der Waals surface area contributed by atoms with Crippen LogP contribution >= 0.6 is 0 Å². The largest absolute Gasteiger partial charge is 0.480 e. The topological polar surface area (TPSA) is 142 Å². The van der Waals surface area contributed by atoms with Crippen molar-refractivity contribution in [2.24, 2.45) is 0 Å². The molecule has 318 valence electrons. The maximum atomic E-state index is 12.8. The molecule has 9 nitrogen and oxygen atoms in total. The number of amides is 2. The van der Waals surface area contributed by atoms with Crippen LogP contribution < -0.4 is 10.6 Å². The van der Waals surface area contributed by atoms with Gasteiger partial charge in [0.15, 0.2) is 0 Å². The van der Waals surface area contributed by atoms with E-state index >= 15 is 0 Å². The van der Waals surface area contributed by atoms with Gasteiger partial charge in [0.1, 0.15) is 12.1 Å². The number of carbonyl (C=O) groups excluding carboxylic acids is 3. The average Bonchev–Trinajstić information content (AvgIpc) is 3.15. The van der Waals surface area contributed by atoms with Gasteiger partial charge in [-0.05, 0) is 38.5 Å².